The number of fused-ring (bicyclic) bond motifs is 3. The molecule has 2 amide bonds. The highest BCUT2D eigenvalue weighted by Gasteiger charge is 2.59. The van der Waals surface area contributed by atoms with Crippen LogP contribution < -0.4 is 10.2 Å². The van der Waals surface area contributed by atoms with Gasteiger partial charge in [0.2, 0.25) is 5.91 Å². The molecule has 39 heavy (non-hydrogen) atoms. The number of amides is 2. The molecule has 198 valence electrons. The molecule has 1 saturated carbocycles. The highest BCUT2D eigenvalue weighted by molar-refractivity contribution is 6.31. The zero-order valence-corrected chi connectivity index (χ0v) is 22.6. The van der Waals surface area contributed by atoms with Crippen LogP contribution in [0.1, 0.15) is 44.9 Å². The number of nitrogens with zero attached hydrogens (tertiary/aromatic N) is 5. The van der Waals surface area contributed by atoms with Crippen LogP contribution in [-0.2, 0) is 21.5 Å². The second-order valence-corrected chi connectivity index (χ2v) is 11.5. The molecule has 1 fully saturated rings. The van der Waals surface area contributed by atoms with E-state index in [2.05, 4.69) is 20.3 Å². The van der Waals surface area contributed by atoms with Crippen LogP contribution in [0.25, 0.3) is 21.9 Å². The highest BCUT2D eigenvalue weighted by atomic mass is 35.5. The SMILES string of the molecule is CC(C)(C)OC(=O)NC1CC2(C1)C(=O)N(Cc1ncc3cc(Cl)ccc3c1-c1cncnc1)c1cnccc12. The van der Waals surface area contributed by atoms with E-state index in [1.807, 2.05) is 45.0 Å². The fourth-order valence-corrected chi connectivity index (χ4v) is 5.83. The molecule has 10 heteroatoms. The van der Waals surface area contributed by atoms with Crippen molar-refractivity contribution in [2.75, 3.05) is 4.90 Å². The van der Waals surface area contributed by atoms with Gasteiger partial charge in [-0.1, -0.05) is 17.7 Å². The van der Waals surface area contributed by atoms with E-state index in [1.165, 1.54) is 6.33 Å². The number of carbonyl (C=O) groups is 2. The number of pyridine rings is 2. The number of rotatable bonds is 4. The van der Waals surface area contributed by atoms with E-state index in [-0.39, 0.29) is 18.5 Å². The quantitative estimate of drug-likeness (QED) is 0.377. The normalized spacial score (nSPS) is 20.2. The predicted octanol–water partition coefficient (Wildman–Crippen LogP) is 5.21. The molecule has 0 unspecified atom stereocenters. The minimum absolute atomic E-state index is 0.0268. The highest BCUT2D eigenvalue weighted by Crippen LogP contribution is 2.53. The van der Waals surface area contributed by atoms with Crippen molar-refractivity contribution in [3.05, 3.63) is 77.9 Å². The van der Waals surface area contributed by atoms with Crippen molar-refractivity contribution in [1.29, 1.82) is 0 Å². The third-order valence-electron chi connectivity index (χ3n) is 7.26. The van der Waals surface area contributed by atoms with E-state index in [9.17, 15) is 9.59 Å². The summed E-state index contributed by atoms with van der Waals surface area (Å²) in [6.45, 7) is 5.71. The number of hydrogen-bond acceptors (Lipinski definition) is 7. The van der Waals surface area contributed by atoms with Crippen molar-refractivity contribution < 1.29 is 14.3 Å². The average Bonchev–Trinajstić information content (AvgIpc) is 3.11. The van der Waals surface area contributed by atoms with Crippen LogP contribution in [0.5, 0.6) is 0 Å². The zero-order chi connectivity index (χ0) is 27.4. The molecule has 1 aliphatic heterocycles. The fraction of sp³-hybridized carbons (Fsp3) is 0.310. The van der Waals surface area contributed by atoms with Crippen LogP contribution in [0.4, 0.5) is 10.5 Å². The van der Waals surface area contributed by atoms with E-state index in [4.69, 9.17) is 21.3 Å². The number of carbonyl (C=O) groups excluding carboxylic acids is 2. The molecule has 1 aliphatic carbocycles. The lowest BCUT2D eigenvalue weighted by molar-refractivity contribution is -0.127. The van der Waals surface area contributed by atoms with Crippen molar-refractivity contribution in [2.24, 2.45) is 0 Å². The summed E-state index contributed by atoms with van der Waals surface area (Å²) in [4.78, 5) is 45.7. The summed E-state index contributed by atoms with van der Waals surface area (Å²) in [6.07, 6.45) is 10.7. The van der Waals surface area contributed by atoms with E-state index in [1.54, 1.807) is 35.9 Å². The van der Waals surface area contributed by atoms with Crippen molar-refractivity contribution in [1.82, 2.24) is 25.3 Å². The second kappa shape index (κ2) is 9.27. The Balaban J connectivity index is 1.34. The molecule has 4 heterocycles. The smallest absolute Gasteiger partial charge is 0.407 e. The van der Waals surface area contributed by atoms with Crippen LogP contribution in [0.15, 0.2) is 61.6 Å². The number of alkyl carbamates (subject to hydrolysis) is 1. The van der Waals surface area contributed by atoms with Crippen LogP contribution in [-0.4, -0.2) is 43.6 Å². The molecule has 0 bridgehead atoms. The third-order valence-corrected chi connectivity index (χ3v) is 7.49. The van der Waals surface area contributed by atoms with Crippen molar-refractivity contribution in [3.8, 4) is 11.1 Å². The minimum Gasteiger partial charge on any atom is -0.444 e. The summed E-state index contributed by atoms with van der Waals surface area (Å²) in [6, 6.07) is 7.39. The van der Waals surface area contributed by atoms with E-state index >= 15 is 0 Å². The van der Waals surface area contributed by atoms with Crippen LogP contribution in [0, 0.1) is 0 Å². The van der Waals surface area contributed by atoms with Gasteiger partial charge in [-0.3, -0.25) is 14.8 Å². The van der Waals surface area contributed by atoms with E-state index in [0.717, 1.165) is 33.2 Å². The Bertz CT molecular complexity index is 1600. The first-order valence-corrected chi connectivity index (χ1v) is 13.1. The minimum atomic E-state index is -0.724. The molecule has 0 radical (unpaired) electrons. The topological polar surface area (TPSA) is 110 Å². The number of ether oxygens (including phenoxy) is 1. The molecular weight excluding hydrogens is 516 g/mol. The third kappa shape index (κ3) is 4.46. The molecule has 6 rings (SSSR count). The molecule has 0 saturated heterocycles. The molecule has 1 N–H and O–H groups in total. The lowest BCUT2D eigenvalue weighted by Crippen LogP contribution is -2.58. The predicted molar refractivity (Wildman–Crippen MR) is 147 cm³/mol. The molecule has 4 aromatic rings. The number of aromatic nitrogens is 4. The average molecular weight is 543 g/mol. The molecular formula is C29H27ClN6O3. The molecule has 1 aromatic carbocycles. The number of benzene rings is 1. The molecule has 1 spiro atoms. The maximum Gasteiger partial charge on any atom is 0.407 e. The van der Waals surface area contributed by atoms with Crippen molar-refractivity contribution in [2.45, 2.75) is 57.2 Å². The Morgan fingerprint density at radius 1 is 1.13 bits per heavy atom. The van der Waals surface area contributed by atoms with Gasteiger partial charge in [0.1, 0.15) is 11.9 Å². The number of anilines is 1. The van der Waals surface area contributed by atoms with E-state index < -0.39 is 17.1 Å². The Labute approximate surface area is 230 Å². The van der Waals surface area contributed by atoms with Crippen molar-refractivity contribution >= 4 is 40.1 Å². The fourth-order valence-electron chi connectivity index (χ4n) is 5.65. The molecule has 9 nitrogen and oxygen atoms in total. The summed E-state index contributed by atoms with van der Waals surface area (Å²) < 4.78 is 5.41. The van der Waals surface area contributed by atoms with Gasteiger partial charge in [0.15, 0.2) is 0 Å². The number of halogens is 1. The van der Waals surface area contributed by atoms with Crippen molar-refractivity contribution in [3.63, 3.8) is 0 Å². The van der Waals surface area contributed by atoms with Gasteiger partial charge in [-0.15, -0.1) is 0 Å². The van der Waals surface area contributed by atoms with Gasteiger partial charge in [0, 0.05) is 52.4 Å². The Kier molecular flexibility index (Phi) is 5.99. The molecule has 3 aromatic heterocycles. The summed E-state index contributed by atoms with van der Waals surface area (Å²) >= 11 is 6.25. The lowest BCUT2D eigenvalue weighted by atomic mass is 9.62. The monoisotopic (exact) mass is 542 g/mol. The lowest BCUT2D eigenvalue weighted by Gasteiger charge is -2.44. The maximum absolute atomic E-state index is 14.1. The largest absolute Gasteiger partial charge is 0.444 e. The van der Waals surface area contributed by atoms with E-state index in [0.29, 0.717) is 23.6 Å². The van der Waals surface area contributed by atoms with Gasteiger partial charge in [-0.2, -0.15) is 0 Å². The summed E-state index contributed by atoms with van der Waals surface area (Å²) in [7, 11) is 0. The maximum atomic E-state index is 14.1. The van der Waals surface area contributed by atoms with Gasteiger partial charge < -0.3 is 15.0 Å². The Morgan fingerprint density at radius 3 is 2.64 bits per heavy atom. The van der Waals surface area contributed by atoms with Crippen LogP contribution >= 0.6 is 11.6 Å². The van der Waals surface area contributed by atoms with Crippen LogP contribution in [0.3, 0.4) is 0 Å². The van der Waals surface area contributed by atoms with Crippen LogP contribution in [0.2, 0.25) is 5.02 Å². The van der Waals surface area contributed by atoms with Gasteiger partial charge in [-0.05, 0) is 62.8 Å². The summed E-state index contributed by atoms with van der Waals surface area (Å²) in [5.74, 6) is -0.0268. The Morgan fingerprint density at radius 2 is 1.90 bits per heavy atom. The first-order valence-electron chi connectivity index (χ1n) is 12.7. The summed E-state index contributed by atoms with van der Waals surface area (Å²) in [5.41, 5.74) is 2.71. The number of hydrogen-bond donors (Lipinski definition) is 1. The first kappa shape index (κ1) is 25.2. The molecule has 0 atom stereocenters. The van der Waals surface area contributed by atoms with Gasteiger partial charge >= 0.3 is 6.09 Å². The standard InChI is InChI=1S/C29H27ClN6O3/c1-28(2,3)39-27(38)35-20-9-29(10-20)22-6-7-31-14-24(22)36(26(29)37)15-23-25(18-11-32-16-33-12-18)21-5-4-19(30)8-17(21)13-34-23/h4-8,11-14,16,20H,9-10,15H2,1-3H3,(H,35,38). The zero-order valence-electron chi connectivity index (χ0n) is 21.8. The number of nitrogens with one attached hydrogen (secondary N) is 1. The van der Waals surface area contributed by atoms with Gasteiger partial charge in [0.25, 0.3) is 0 Å². The summed E-state index contributed by atoms with van der Waals surface area (Å²) in [5, 5.41) is 5.35. The van der Waals surface area contributed by atoms with Gasteiger partial charge in [-0.25, -0.2) is 14.8 Å². The van der Waals surface area contributed by atoms with Gasteiger partial charge in [0.05, 0.1) is 29.5 Å². The Hall–Kier alpha value is -4.11. The second-order valence-electron chi connectivity index (χ2n) is 11.1. The first-order chi connectivity index (χ1) is 18.6. The molecule has 2 aliphatic rings.